The maximum Gasteiger partial charge on any atom is 0.245 e. The van der Waals surface area contributed by atoms with Crippen LogP contribution in [0, 0.1) is 11.3 Å². The number of ether oxygens (including phenoxy) is 1. The number of ketones is 1. The topological polar surface area (TPSA) is 143 Å². The van der Waals surface area contributed by atoms with Crippen LogP contribution in [0.3, 0.4) is 0 Å². The lowest BCUT2D eigenvalue weighted by Crippen LogP contribution is -2.45. The number of rotatable bonds is 7. The molecule has 2 atom stereocenters. The van der Waals surface area contributed by atoms with Gasteiger partial charge < -0.3 is 15.8 Å². The molecule has 0 saturated heterocycles. The number of benzene rings is 3. The molecule has 0 radical (unpaired) electrons. The molecule has 3 N–H and O–H groups in total. The highest BCUT2D eigenvalue weighted by atomic mass is 32.2. The summed E-state index contributed by atoms with van der Waals surface area (Å²) in [6.45, 7) is 1.34. The van der Waals surface area contributed by atoms with Crippen LogP contribution < -0.4 is 15.8 Å². The van der Waals surface area contributed by atoms with Crippen molar-refractivity contribution >= 4 is 27.4 Å². The molecule has 0 bridgehead atoms. The van der Waals surface area contributed by atoms with E-state index < -0.39 is 27.9 Å². The zero-order valence-corrected chi connectivity index (χ0v) is 20.9. The number of amides is 1. The normalized spacial score (nSPS) is 17.8. The number of carbonyl (C=O) groups excluding carboxylic acids is 2. The lowest BCUT2D eigenvalue weighted by atomic mass is 10.00. The van der Waals surface area contributed by atoms with Crippen molar-refractivity contribution < 1.29 is 22.7 Å². The summed E-state index contributed by atoms with van der Waals surface area (Å²) in [6.07, 6.45) is 0. The van der Waals surface area contributed by atoms with Gasteiger partial charge in [-0.2, -0.15) is 9.57 Å². The average molecular weight is 517 g/mol. The third-order valence-corrected chi connectivity index (χ3v) is 7.84. The van der Waals surface area contributed by atoms with Crippen LogP contribution in [0.25, 0.3) is 0 Å². The maximum atomic E-state index is 14.1. The number of hydrogen-bond donors (Lipinski definition) is 2. The van der Waals surface area contributed by atoms with E-state index in [4.69, 9.17) is 10.5 Å². The number of hydrogen-bond acceptors (Lipinski definition) is 7. The quantitative estimate of drug-likeness (QED) is 0.458. The Bertz CT molecular complexity index is 1510. The molecule has 188 valence electrons. The summed E-state index contributed by atoms with van der Waals surface area (Å²) in [4.78, 5) is 24.9. The van der Waals surface area contributed by atoms with Gasteiger partial charge in [-0.3, -0.25) is 9.59 Å². The molecular weight excluding hydrogens is 492 g/mol. The molecule has 1 aliphatic heterocycles. The Morgan fingerprint density at radius 3 is 2.16 bits per heavy atom. The Kier molecular flexibility index (Phi) is 7.11. The zero-order chi connectivity index (χ0) is 26.7. The molecule has 0 spiro atoms. The molecule has 10 heteroatoms. The largest absolute Gasteiger partial charge is 0.497 e. The summed E-state index contributed by atoms with van der Waals surface area (Å²) in [7, 11) is -2.88. The van der Waals surface area contributed by atoms with Crippen molar-refractivity contribution in [2.24, 2.45) is 5.73 Å². The number of nitrogens with one attached hydrogen (secondary N) is 1. The number of nitriles is 1. The monoisotopic (exact) mass is 516 g/mol. The third kappa shape index (κ3) is 4.82. The second kappa shape index (κ2) is 10.3. The number of nitrogens with two attached hydrogens (primary N) is 1. The van der Waals surface area contributed by atoms with Crippen molar-refractivity contribution in [3.8, 4) is 11.8 Å². The molecular formula is C27H24N4O5S. The first-order valence-electron chi connectivity index (χ1n) is 11.2. The van der Waals surface area contributed by atoms with Crippen LogP contribution in [-0.4, -0.2) is 37.6 Å². The van der Waals surface area contributed by atoms with Gasteiger partial charge in [0.25, 0.3) is 0 Å². The summed E-state index contributed by atoms with van der Waals surface area (Å²) in [5.41, 5.74) is 7.31. The van der Waals surface area contributed by atoms with Gasteiger partial charge in [0, 0.05) is 18.2 Å². The lowest BCUT2D eigenvalue weighted by molar-refractivity contribution is -0.114. The molecule has 3 aromatic carbocycles. The number of sulfonamides is 1. The molecule has 0 unspecified atom stereocenters. The molecule has 3 aromatic rings. The average Bonchev–Trinajstić information content (AvgIpc) is 3.21. The van der Waals surface area contributed by atoms with Crippen molar-refractivity contribution in [1.82, 2.24) is 4.31 Å². The summed E-state index contributed by atoms with van der Waals surface area (Å²) in [5, 5.41) is 12.6. The minimum atomic E-state index is -4.38. The Hall–Kier alpha value is -4.46. The van der Waals surface area contributed by atoms with Crippen molar-refractivity contribution in [1.29, 1.82) is 5.26 Å². The number of carbonyl (C=O) groups is 2. The first-order chi connectivity index (χ1) is 17.7. The zero-order valence-electron chi connectivity index (χ0n) is 20.1. The number of Topliss-reactive ketones (excluding diaryl/α,β-unsaturated/α-hetero) is 1. The number of nitrogens with zero attached hydrogens (tertiary/aromatic N) is 2. The van der Waals surface area contributed by atoms with Crippen LogP contribution >= 0.6 is 0 Å². The van der Waals surface area contributed by atoms with E-state index >= 15 is 0 Å². The molecule has 37 heavy (non-hydrogen) atoms. The summed E-state index contributed by atoms with van der Waals surface area (Å²) >= 11 is 0. The second-order valence-electron chi connectivity index (χ2n) is 8.33. The van der Waals surface area contributed by atoms with Crippen LogP contribution in [0.2, 0.25) is 0 Å². The van der Waals surface area contributed by atoms with Crippen LogP contribution in [0.15, 0.2) is 95.0 Å². The molecule has 0 fully saturated rings. The third-order valence-electron chi connectivity index (χ3n) is 6.00. The van der Waals surface area contributed by atoms with E-state index in [0.29, 0.717) is 17.0 Å². The lowest BCUT2D eigenvalue weighted by Gasteiger charge is -2.30. The highest BCUT2D eigenvalue weighted by Crippen LogP contribution is 2.44. The predicted octanol–water partition coefficient (Wildman–Crippen LogP) is 3.39. The fraction of sp³-hybridized carbons (Fsp3) is 0.148. The van der Waals surface area contributed by atoms with E-state index in [1.54, 1.807) is 54.6 Å². The molecule has 9 nitrogen and oxygen atoms in total. The summed E-state index contributed by atoms with van der Waals surface area (Å²) in [6, 6.07) is 19.7. The molecule has 1 heterocycles. The van der Waals surface area contributed by atoms with E-state index in [1.165, 1.54) is 38.3 Å². The van der Waals surface area contributed by atoms with E-state index in [9.17, 15) is 23.3 Å². The van der Waals surface area contributed by atoms with Gasteiger partial charge in [-0.05, 0) is 42.0 Å². The van der Waals surface area contributed by atoms with Gasteiger partial charge in [-0.15, -0.1) is 0 Å². The van der Waals surface area contributed by atoms with E-state index in [-0.39, 0.29) is 27.6 Å². The highest BCUT2D eigenvalue weighted by Gasteiger charge is 2.50. The number of methoxy groups -OCH3 is 1. The Labute approximate surface area is 214 Å². The standard InChI is InChI=1S/C27H24N4O5S/c1-17(32)30-20-10-14-22(15-11-20)37(34,35)31-25(18-8-12-21(36-2)13-9-18)23(16-28)24(29)26(31)27(33)19-6-4-3-5-7-19/h3-15,25-26H,29H2,1-2H3,(H,30,32)/t25-,26-/m1/s1. The van der Waals surface area contributed by atoms with Gasteiger partial charge in [0.05, 0.1) is 35.4 Å². The molecule has 1 aliphatic rings. The minimum Gasteiger partial charge on any atom is -0.497 e. The fourth-order valence-electron chi connectivity index (χ4n) is 4.27. The summed E-state index contributed by atoms with van der Waals surface area (Å²) < 4.78 is 34.4. The smallest absolute Gasteiger partial charge is 0.245 e. The first-order valence-corrected chi connectivity index (χ1v) is 12.7. The number of anilines is 1. The fourth-order valence-corrected chi connectivity index (χ4v) is 5.99. The van der Waals surface area contributed by atoms with Crippen molar-refractivity contribution in [3.63, 3.8) is 0 Å². The first kappa shape index (κ1) is 25.6. The van der Waals surface area contributed by atoms with Gasteiger partial charge in [-0.1, -0.05) is 42.5 Å². The van der Waals surface area contributed by atoms with E-state index in [2.05, 4.69) is 5.32 Å². The van der Waals surface area contributed by atoms with Crippen molar-refractivity contribution in [2.45, 2.75) is 23.9 Å². The molecule has 4 rings (SSSR count). The van der Waals surface area contributed by atoms with Crippen molar-refractivity contribution in [2.75, 3.05) is 12.4 Å². The van der Waals surface area contributed by atoms with E-state index in [1.807, 2.05) is 6.07 Å². The summed E-state index contributed by atoms with van der Waals surface area (Å²) in [5.74, 6) is -0.323. The van der Waals surface area contributed by atoms with E-state index in [0.717, 1.165) is 4.31 Å². The van der Waals surface area contributed by atoms with Gasteiger partial charge in [0.2, 0.25) is 15.9 Å². The highest BCUT2D eigenvalue weighted by molar-refractivity contribution is 7.89. The Morgan fingerprint density at radius 2 is 1.62 bits per heavy atom. The van der Waals surface area contributed by atoms with Crippen LogP contribution in [0.5, 0.6) is 5.75 Å². The SMILES string of the molecule is COc1ccc([C@@H]2C(C#N)=C(N)[C@H](C(=O)c3ccccc3)N2S(=O)(=O)c2ccc(NC(C)=O)cc2)cc1. The maximum absolute atomic E-state index is 14.1. The Balaban J connectivity index is 1.89. The van der Waals surface area contributed by atoms with Crippen LogP contribution in [0.1, 0.15) is 28.9 Å². The van der Waals surface area contributed by atoms with Crippen molar-refractivity contribution in [3.05, 3.63) is 101 Å². The second-order valence-corrected chi connectivity index (χ2v) is 10.2. The van der Waals surface area contributed by atoms with Gasteiger partial charge in [0.1, 0.15) is 11.8 Å². The van der Waals surface area contributed by atoms with Gasteiger partial charge in [0.15, 0.2) is 5.78 Å². The van der Waals surface area contributed by atoms with Gasteiger partial charge >= 0.3 is 0 Å². The van der Waals surface area contributed by atoms with Crippen LogP contribution in [0.4, 0.5) is 5.69 Å². The molecule has 0 aliphatic carbocycles. The predicted molar refractivity (Wildman–Crippen MR) is 137 cm³/mol. The molecule has 1 amide bonds. The Morgan fingerprint density at radius 1 is 1.00 bits per heavy atom. The minimum absolute atomic E-state index is 0.0297. The van der Waals surface area contributed by atoms with Crippen LogP contribution in [-0.2, 0) is 14.8 Å². The van der Waals surface area contributed by atoms with Gasteiger partial charge in [-0.25, -0.2) is 8.42 Å². The molecule has 0 aromatic heterocycles. The molecule has 0 saturated carbocycles.